The van der Waals surface area contributed by atoms with Crippen LogP contribution in [0, 0.1) is 4.77 Å². The van der Waals surface area contributed by atoms with Crippen LogP contribution in [0.2, 0.25) is 0 Å². The molecule has 0 fully saturated rings. The van der Waals surface area contributed by atoms with Gasteiger partial charge in [-0.2, -0.15) is 0 Å². The SMILES string of the molecule is CCCCCCCC(C)(CCCCC)n1c(=O)n(C)c(=S)n(C)c1=O. The van der Waals surface area contributed by atoms with E-state index < -0.39 is 5.54 Å². The Bertz CT molecular complexity index is 677. The lowest BCUT2D eigenvalue weighted by Gasteiger charge is -2.32. The first kappa shape index (κ1) is 21.9. The average Bonchev–Trinajstić information content (AvgIpc) is 2.58. The summed E-state index contributed by atoms with van der Waals surface area (Å²) in [5.41, 5.74) is -1.03. The average molecular weight is 370 g/mol. The Hall–Kier alpha value is -1.17. The zero-order valence-electron chi connectivity index (χ0n) is 16.6. The van der Waals surface area contributed by atoms with E-state index in [9.17, 15) is 9.59 Å². The molecule has 25 heavy (non-hydrogen) atoms. The maximum Gasteiger partial charge on any atom is 0.334 e. The summed E-state index contributed by atoms with van der Waals surface area (Å²) in [4.78, 5) is 25.6. The van der Waals surface area contributed by atoms with Crippen molar-refractivity contribution in [1.29, 1.82) is 0 Å². The molecule has 1 aromatic heterocycles. The second-order valence-electron chi connectivity index (χ2n) is 7.42. The lowest BCUT2D eigenvalue weighted by atomic mass is 9.88. The number of aromatic nitrogens is 3. The van der Waals surface area contributed by atoms with Gasteiger partial charge >= 0.3 is 11.4 Å². The largest absolute Gasteiger partial charge is 0.334 e. The fourth-order valence-corrected chi connectivity index (χ4v) is 3.60. The van der Waals surface area contributed by atoms with Crippen molar-refractivity contribution >= 4 is 12.2 Å². The summed E-state index contributed by atoms with van der Waals surface area (Å²) in [5.74, 6) is 0. The van der Waals surface area contributed by atoms with Crippen LogP contribution in [0.4, 0.5) is 0 Å². The van der Waals surface area contributed by atoms with E-state index in [4.69, 9.17) is 12.2 Å². The van der Waals surface area contributed by atoms with Crippen LogP contribution in [0.5, 0.6) is 0 Å². The van der Waals surface area contributed by atoms with Crippen LogP contribution >= 0.6 is 12.2 Å². The van der Waals surface area contributed by atoms with E-state index in [-0.39, 0.29) is 16.2 Å². The van der Waals surface area contributed by atoms with Gasteiger partial charge in [0.1, 0.15) is 0 Å². The normalized spacial score (nSPS) is 13.8. The molecule has 1 atom stereocenters. The highest BCUT2D eigenvalue weighted by atomic mass is 32.1. The van der Waals surface area contributed by atoms with Gasteiger partial charge in [-0.05, 0) is 32.0 Å². The van der Waals surface area contributed by atoms with Gasteiger partial charge in [0.25, 0.3) is 0 Å². The molecule has 0 radical (unpaired) electrons. The van der Waals surface area contributed by atoms with Crippen LogP contribution in [0.3, 0.4) is 0 Å². The Balaban J connectivity index is 3.21. The number of rotatable bonds is 11. The van der Waals surface area contributed by atoms with Gasteiger partial charge in [0.05, 0.1) is 5.54 Å². The van der Waals surface area contributed by atoms with Gasteiger partial charge in [0, 0.05) is 14.1 Å². The van der Waals surface area contributed by atoms with E-state index in [2.05, 4.69) is 20.8 Å². The zero-order valence-corrected chi connectivity index (χ0v) is 17.5. The van der Waals surface area contributed by atoms with Gasteiger partial charge in [0.2, 0.25) is 0 Å². The van der Waals surface area contributed by atoms with Crippen molar-refractivity contribution in [2.24, 2.45) is 14.1 Å². The van der Waals surface area contributed by atoms with Crippen molar-refractivity contribution < 1.29 is 0 Å². The molecule has 0 spiro atoms. The fourth-order valence-electron chi connectivity index (χ4n) is 3.45. The van der Waals surface area contributed by atoms with E-state index in [0.29, 0.717) is 0 Å². The zero-order chi connectivity index (χ0) is 19.0. The molecular weight excluding hydrogens is 334 g/mol. The third-order valence-electron chi connectivity index (χ3n) is 5.21. The molecule has 0 N–H and O–H groups in total. The lowest BCUT2D eigenvalue weighted by Crippen LogP contribution is -2.53. The maximum absolute atomic E-state index is 12.8. The Morgan fingerprint density at radius 2 is 1.20 bits per heavy atom. The number of hydrogen-bond acceptors (Lipinski definition) is 3. The lowest BCUT2D eigenvalue weighted by molar-refractivity contribution is 0.221. The van der Waals surface area contributed by atoms with Crippen LogP contribution in [0.15, 0.2) is 9.59 Å². The quantitative estimate of drug-likeness (QED) is 0.432. The van der Waals surface area contributed by atoms with E-state index in [1.165, 1.54) is 33.0 Å². The monoisotopic (exact) mass is 369 g/mol. The van der Waals surface area contributed by atoms with Crippen LogP contribution in [-0.2, 0) is 19.6 Å². The van der Waals surface area contributed by atoms with Crippen molar-refractivity contribution in [3.8, 4) is 0 Å². The smallest absolute Gasteiger partial charge is 0.273 e. The van der Waals surface area contributed by atoms with E-state index >= 15 is 0 Å². The summed E-state index contributed by atoms with van der Waals surface area (Å²) in [6.07, 6.45) is 10.8. The first-order chi connectivity index (χ1) is 11.8. The third-order valence-corrected chi connectivity index (χ3v) is 5.76. The molecule has 0 amide bonds. The predicted molar refractivity (Wildman–Crippen MR) is 107 cm³/mol. The number of nitrogens with zero attached hydrogens (tertiary/aromatic N) is 3. The van der Waals surface area contributed by atoms with Gasteiger partial charge in [-0.25, -0.2) is 14.2 Å². The molecule has 0 saturated heterocycles. The Morgan fingerprint density at radius 3 is 1.68 bits per heavy atom. The molecule has 0 bridgehead atoms. The molecule has 1 aromatic rings. The van der Waals surface area contributed by atoms with Crippen LogP contribution < -0.4 is 11.4 Å². The first-order valence-corrected chi connectivity index (χ1v) is 10.1. The third kappa shape index (κ3) is 5.40. The minimum atomic E-state index is -0.450. The molecule has 5 nitrogen and oxygen atoms in total. The van der Waals surface area contributed by atoms with Crippen molar-refractivity contribution in [3.63, 3.8) is 0 Å². The molecule has 0 saturated carbocycles. The molecule has 144 valence electrons. The first-order valence-electron chi connectivity index (χ1n) is 9.69. The summed E-state index contributed by atoms with van der Waals surface area (Å²) in [5, 5.41) is 0. The van der Waals surface area contributed by atoms with Crippen LogP contribution in [0.25, 0.3) is 0 Å². The van der Waals surface area contributed by atoms with E-state index in [0.717, 1.165) is 44.9 Å². The van der Waals surface area contributed by atoms with Gasteiger partial charge in [-0.3, -0.25) is 9.13 Å². The summed E-state index contributed by atoms with van der Waals surface area (Å²) in [7, 11) is 3.29. The molecule has 0 aromatic carbocycles. The molecule has 1 rings (SSSR count). The maximum atomic E-state index is 12.8. The molecule has 1 unspecified atom stereocenters. The number of unbranched alkanes of at least 4 members (excludes halogenated alkanes) is 6. The summed E-state index contributed by atoms with van der Waals surface area (Å²) >= 11 is 5.21. The Kier molecular flexibility index (Phi) is 8.83. The highest BCUT2D eigenvalue weighted by molar-refractivity contribution is 7.71. The topological polar surface area (TPSA) is 48.9 Å². The molecule has 6 heteroatoms. The Morgan fingerprint density at radius 1 is 0.800 bits per heavy atom. The van der Waals surface area contributed by atoms with Gasteiger partial charge in [-0.15, -0.1) is 0 Å². The molecule has 1 heterocycles. The van der Waals surface area contributed by atoms with Gasteiger partial charge in [-0.1, -0.05) is 65.2 Å². The second-order valence-corrected chi connectivity index (χ2v) is 7.78. The minimum Gasteiger partial charge on any atom is -0.273 e. The molecular formula is C19H35N3O2S. The van der Waals surface area contributed by atoms with Crippen LogP contribution in [0.1, 0.15) is 85.0 Å². The van der Waals surface area contributed by atoms with Crippen molar-refractivity contribution in [2.75, 3.05) is 0 Å². The van der Waals surface area contributed by atoms with E-state index in [1.807, 2.05) is 0 Å². The summed E-state index contributed by atoms with van der Waals surface area (Å²) in [6, 6.07) is 0. The van der Waals surface area contributed by atoms with Crippen molar-refractivity contribution in [2.45, 2.75) is 90.5 Å². The van der Waals surface area contributed by atoms with Crippen molar-refractivity contribution in [1.82, 2.24) is 13.7 Å². The minimum absolute atomic E-state index is 0.269. The standard InChI is InChI=1S/C19H35N3O2S/c1-6-8-10-11-13-15-19(3,14-12-9-7-2)22-16(23)20(4)18(25)21(5)17(22)24/h6-15H2,1-5H3. The summed E-state index contributed by atoms with van der Waals surface area (Å²) in [6.45, 7) is 6.43. The highest BCUT2D eigenvalue weighted by Crippen LogP contribution is 2.28. The van der Waals surface area contributed by atoms with Gasteiger partial charge in [0.15, 0.2) is 4.77 Å². The predicted octanol–water partition coefficient (Wildman–Crippen LogP) is 4.27. The summed E-state index contributed by atoms with van der Waals surface area (Å²) < 4.78 is 4.54. The Labute approximate surface area is 156 Å². The number of hydrogen-bond donors (Lipinski definition) is 0. The molecule has 0 aliphatic rings. The second kappa shape index (κ2) is 10.1. The molecule has 0 aliphatic heterocycles. The highest BCUT2D eigenvalue weighted by Gasteiger charge is 2.30. The van der Waals surface area contributed by atoms with E-state index in [1.54, 1.807) is 14.1 Å². The fraction of sp³-hybridized carbons (Fsp3) is 0.842. The van der Waals surface area contributed by atoms with Crippen molar-refractivity contribution in [3.05, 3.63) is 25.7 Å². The van der Waals surface area contributed by atoms with Gasteiger partial charge < -0.3 is 0 Å². The van der Waals surface area contributed by atoms with Crippen LogP contribution in [-0.4, -0.2) is 13.7 Å². The molecule has 0 aliphatic carbocycles.